The zero-order chi connectivity index (χ0) is 14.7. The van der Waals surface area contributed by atoms with E-state index >= 15 is 0 Å². The van der Waals surface area contributed by atoms with E-state index in [1.54, 1.807) is 18.2 Å². The Morgan fingerprint density at radius 3 is 3.10 bits per heavy atom. The molecule has 0 bridgehead atoms. The summed E-state index contributed by atoms with van der Waals surface area (Å²) in [7, 11) is 0. The van der Waals surface area contributed by atoms with Crippen molar-refractivity contribution < 1.29 is 9.90 Å². The summed E-state index contributed by atoms with van der Waals surface area (Å²) < 4.78 is 0. The molecule has 0 aromatic carbocycles. The Kier molecular flexibility index (Phi) is 3.74. The predicted molar refractivity (Wildman–Crippen MR) is 79.3 cm³/mol. The largest absolute Gasteiger partial charge is 0.508 e. The van der Waals surface area contributed by atoms with Crippen LogP contribution in [-0.2, 0) is 0 Å². The van der Waals surface area contributed by atoms with E-state index in [9.17, 15) is 9.90 Å². The van der Waals surface area contributed by atoms with Crippen LogP contribution in [0.2, 0.25) is 0 Å². The number of carbonyl (C=O) groups excluding carboxylic acids is 1. The maximum atomic E-state index is 12.0. The van der Waals surface area contributed by atoms with Crippen LogP contribution in [0.25, 0.3) is 0 Å². The molecule has 3 rings (SSSR count). The minimum atomic E-state index is -0.310. The molecule has 1 atom stereocenters. The number of aliphatic hydroxyl groups is 1. The third kappa shape index (κ3) is 3.14. The number of carbonyl (C=O) groups is 1. The van der Waals surface area contributed by atoms with Gasteiger partial charge in [0.05, 0.1) is 5.69 Å². The van der Waals surface area contributed by atoms with Crippen LogP contribution in [0, 0.1) is 0 Å². The summed E-state index contributed by atoms with van der Waals surface area (Å²) in [6.07, 6.45) is 8.86. The fraction of sp³-hybridized carbons (Fsp3) is 0.143. The molecule has 7 heteroatoms. The Morgan fingerprint density at radius 2 is 2.38 bits per heavy atom. The number of nitrogens with one attached hydrogen (secondary N) is 1. The van der Waals surface area contributed by atoms with Gasteiger partial charge in [-0.25, -0.2) is 15.0 Å². The number of thiazole rings is 1. The van der Waals surface area contributed by atoms with Gasteiger partial charge in [0, 0.05) is 17.5 Å². The van der Waals surface area contributed by atoms with E-state index in [0.717, 1.165) is 5.69 Å². The lowest BCUT2D eigenvalue weighted by molar-refractivity contribution is 0.102. The van der Waals surface area contributed by atoms with Crippen molar-refractivity contribution in [2.75, 3.05) is 5.32 Å². The summed E-state index contributed by atoms with van der Waals surface area (Å²) in [6, 6.07) is 1.54. The van der Waals surface area contributed by atoms with E-state index in [-0.39, 0.29) is 17.6 Å². The molecule has 1 aliphatic carbocycles. The molecule has 2 N–H and O–H groups in total. The first-order chi connectivity index (χ1) is 10.2. The van der Waals surface area contributed by atoms with E-state index in [1.807, 2.05) is 11.5 Å². The molecule has 0 fully saturated rings. The van der Waals surface area contributed by atoms with Crippen molar-refractivity contribution in [3.8, 4) is 0 Å². The van der Waals surface area contributed by atoms with Gasteiger partial charge >= 0.3 is 0 Å². The molecule has 1 amide bonds. The molecule has 2 aromatic rings. The summed E-state index contributed by atoms with van der Waals surface area (Å²) >= 11 is 1.36. The van der Waals surface area contributed by atoms with Crippen LogP contribution in [0.3, 0.4) is 0 Å². The fourth-order valence-corrected chi connectivity index (χ4v) is 2.70. The van der Waals surface area contributed by atoms with Gasteiger partial charge in [0.15, 0.2) is 5.13 Å². The van der Waals surface area contributed by atoms with Crippen molar-refractivity contribution in [3.05, 3.63) is 59.3 Å². The predicted octanol–water partition coefficient (Wildman–Crippen LogP) is 2.67. The van der Waals surface area contributed by atoms with Gasteiger partial charge in [-0.15, -0.1) is 11.3 Å². The van der Waals surface area contributed by atoms with Crippen molar-refractivity contribution in [2.24, 2.45) is 0 Å². The standard InChI is InChI=1S/C14H12N4O2S/c19-10-3-1-9(2-4-10)12-7-21-14(17-12)18-13(20)11-5-6-15-8-16-11/h1,3-9,19H,2H2,(H,17,18,20). The Balaban J connectivity index is 1.69. The quantitative estimate of drug-likeness (QED) is 0.909. The average molecular weight is 300 g/mol. The van der Waals surface area contributed by atoms with E-state index in [2.05, 4.69) is 20.3 Å². The van der Waals surface area contributed by atoms with Crippen molar-refractivity contribution in [2.45, 2.75) is 12.3 Å². The second-order valence-corrected chi connectivity index (χ2v) is 5.31. The van der Waals surface area contributed by atoms with Gasteiger partial charge in [0.2, 0.25) is 0 Å². The molecule has 6 nitrogen and oxygen atoms in total. The molecular formula is C14H12N4O2S. The van der Waals surface area contributed by atoms with E-state index in [1.165, 1.54) is 23.9 Å². The summed E-state index contributed by atoms with van der Waals surface area (Å²) in [4.78, 5) is 24.0. The van der Waals surface area contributed by atoms with Crippen LogP contribution in [0.15, 0.2) is 48.0 Å². The Bertz CT molecular complexity index is 709. The number of nitrogens with zero attached hydrogens (tertiary/aromatic N) is 3. The van der Waals surface area contributed by atoms with Crippen LogP contribution >= 0.6 is 11.3 Å². The topological polar surface area (TPSA) is 88.0 Å². The minimum absolute atomic E-state index is 0.127. The normalized spacial score (nSPS) is 17.3. The number of hydrogen-bond acceptors (Lipinski definition) is 6. The monoisotopic (exact) mass is 300 g/mol. The van der Waals surface area contributed by atoms with Crippen LogP contribution < -0.4 is 5.32 Å². The molecular weight excluding hydrogens is 288 g/mol. The molecule has 21 heavy (non-hydrogen) atoms. The molecule has 0 saturated heterocycles. The Labute approximate surface area is 124 Å². The number of rotatable bonds is 3. The first-order valence-corrected chi connectivity index (χ1v) is 7.20. The van der Waals surface area contributed by atoms with Crippen LogP contribution in [0.1, 0.15) is 28.5 Å². The van der Waals surface area contributed by atoms with E-state index in [0.29, 0.717) is 17.2 Å². The molecule has 2 aromatic heterocycles. The highest BCUT2D eigenvalue weighted by molar-refractivity contribution is 7.14. The first kappa shape index (κ1) is 13.4. The maximum Gasteiger partial charge on any atom is 0.276 e. The number of hydrogen-bond donors (Lipinski definition) is 2. The van der Waals surface area contributed by atoms with Gasteiger partial charge in [0.25, 0.3) is 5.91 Å². The summed E-state index contributed by atoms with van der Waals surface area (Å²) in [5.41, 5.74) is 1.17. The van der Waals surface area contributed by atoms with Crippen LogP contribution in [0.5, 0.6) is 0 Å². The van der Waals surface area contributed by atoms with Crippen molar-refractivity contribution in [1.29, 1.82) is 0 Å². The van der Waals surface area contributed by atoms with Gasteiger partial charge in [-0.1, -0.05) is 6.08 Å². The van der Waals surface area contributed by atoms with Crippen LogP contribution in [0.4, 0.5) is 5.13 Å². The highest BCUT2D eigenvalue weighted by atomic mass is 32.1. The smallest absolute Gasteiger partial charge is 0.276 e. The molecule has 1 aliphatic rings. The fourth-order valence-electron chi connectivity index (χ4n) is 1.93. The summed E-state index contributed by atoms with van der Waals surface area (Å²) in [6.45, 7) is 0. The third-order valence-corrected chi connectivity index (χ3v) is 3.79. The molecule has 2 heterocycles. The zero-order valence-electron chi connectivity index (χ0n) is 10.9. The van der Waals surface area contributed by atoms with E-state index in [4.69, 9.17) is 0 Å². The molecule has 106 valence electrons. The summed E-state index contributed by atoms with van der Waals surface area (Å²) in [5.74, 6) is 0.0932. The van der Waals surface area contributed by atoms with Gasteiger partial charge in [0.1, 0.15) is 17.8 Å². The third-order valence-electron chi connectivity index (χ3n) is 3.02. The van der Waals surface area contributed by atoms with Crippen molar-refractivity contribution in [1.82, 2.24) is 15.0 Å². The number of anilines is 1. The lowest BCUT2D eigenvalue weighted by Crippen LogP contribution is -2.13. The zero-order valence-corrected chi connectivity index (χ0v) is 11.7. The lowest BCUT2D eigenvalue weighted by atomic mass is 9.97. The van der Waals surface area contributed by atoms with Crippen LogP contribution in [-0.4, -0.2) is 26.0 Å². The second-order valence-electron chi connectivity index (χ2n) is 4.46. The number of aromatic nitrogens is 3. The first-order valence-electron chi connectivity index (χ1n) is 6.32. The number of allylic oxidation sites excluding steroid dienone is 3. The van der Waals surface area contributed by atoms with Gasteiger partial charge in [-0.05, 0) is 24.6 Å². The Morgan fingerprint density at radius 1 is 1.48 bits per heavy atom. The maximum absolute atomic E-state index is 12.0. The molecule has 0 radical (unpaired) electrons. The second kappa shape index (κ2) is 5.84. The van der Waals surface area contributed by atoms with Gasteiger partial charge in [-0.2, -0.15) is 0 Å². The highest BCUT2D eigenvalue weighted by Gasteiger charge is 2.16. The van der Waals surface area contributed by atoms with Crippen molar-refractivity contribution >= 4 is 22.4 Å². The van der Waals surface area contributed by atoms with Gasteiger partial charge < -0.3 is 5.11 Å². The van der Waals surface area contributed by atoms with E-state index < -0.39 is 0 Å². The molecule has 0 spiro atoms. The summed E-state index contributed by atoms with van der Waals surface area (Å²) in [5, 5.41) is 14.5. The van der Waals surface area contributed by atoms with Gasteiger partial charge in [-0.3, -0.25) is 10.1 Å². The Hall–Kier alpha value is -2.54. The number of amides is 1. The minimum Gasteiger partial charge on any atom is -0.508 e. The molecule has 0 saturated carbocycles. The lowest BCUT2D eigenvalue weighted by Gasteiger charge is -2.11. The van der Waals surface area contributed by atoms with Crippen molar-refractivity contribution in [3.63, 3.8) is 0 Å². The average Bonchev–Trinajstić information content (AvgIpc) is 2.97. The SMILES string of the molecule is O=C(Nc1nc(C2C=CC(O)=CC2)cs1)c1ccncn1. The molecule has 1 unspecified atom stereocenters. The molecule has 0 aliphatic heterocycles. The highest BCUT2D eigenvalue weighted by Crippen LogP contribution is 2.29. The number of aliphatic hydroxyl groups excluding tert-OH is 1.